The third-order valence-corrected chi connectivity index (χ3v) is 5.80. The molecule has 2 N–H and O–H groups in total. The number of rotatable bonds is 7. The Kier molecular flexibility index (Phi) is 6.99. The maximum absolute atomic E-state index is 13.1. The van der Waals surface area contributed by atoms with Crippen LogP contribution in [-0.2, 0) is 20.9 Å². The summed E-state index contributed by atoms with van der Waals surface area (Å²) in [6, 6.07) is 7.96. The summed E-state index contributed by atoms with van der Waals surface area (Å²) >= 11 is 0. The number of aromatic nitrogens is 1. The molecule has 1 aromatic carbocycles. The number of nitrogens with one attached hydrogen (secondary N) is 1. The average molecular weight is 470 g/mol. The smallest absolute Gasteiger partial charge is 0.252 e. The summed E-state index contributed by atoms with van der Waals surface area (Å²) in [5, 5.41) is 11.3. The van der Waals surface area contributed by atoms with E-state index in [1.807, 2.05) is 0 Å². The van der Waals surface area contributed by atoms with Gasteiger partial charge in [0.2, 0.25) is 17.1 Å². The first kappa shape index (κ1) is 23.5. The number of nitrogens with zero attached hydrogens (tertiary/aromatic N) is 1. The van der Waals surface area contributed by atoms with Gasteiger partial charge in [-0.05, 0) is 23.6 Å². The van der Waals surface area contributed by atoms with Gasteiger partial charge in [0.25, 0.3) is 5.56 Å². The minimum atomic E-state index is -1.00. The fourth-order valence-electron chi connectivity index (χ4n) is 4.05. The van der Waals surface area contributed by atoms with E-state index >= 15 is 0 Å². The van der Waals surface area contributed by atoms with Crippen LogP contribution in [0.4, 0.5) is 0 Å². The van der Waals surface area contributed by atoms with Crippen molar-refractivity contribution in [2.75, 3.05) is 40.5 Å². The van der Waals surface area contributed by atoms with Crippen molar-refractivity contribution >= 4 is 16.8 Å². The largest absolute Gasteiger partial charge is 0.502 e. The summed E-state index contributed by atoms with van der Waals surface area (Å²) in [4.78, 5) is 43.2. The van der Waals surface area contributed by atoms with Crippen LogP contribution in [0.2, 0.25) is 0 Å². The van der Waals surface area contributed by atoms with Crippen molar-refractivity contribution in [2.24, 2.45) is 0 Å². The highest BCUT2D eigenvalue weighted by Crippen LogP contribution is 2.33. The number of carbonyl (C=O) groups excluding carboxylic acids is 1. The number of benzene rings is 1. The van der Waals surface area contributed by atoms with Crippen LogP contribution in [0.1, 0.15) is 29.4 Å². The van der Waals surface area contributed by atoms with Gasteiger partial charge in [0.1, 0.15) is 18.1 Å². The molecule has 1 atom stereocenters. The van der Waals surface area contributed by atoms with Crippen LogP contribution in [0.5, 0.6) is 11.5 Å². The fourth-order valence-corrected chi connectivity index (χ4v) is 4.05. The molecule has 0 aliphatic carbocycles. The Morgan fingerprint density at radius 2 is 1.94 bits per heavy atom. The van der Waals surface area contributed by atoms with E-state index in [0.717, 1.165) is 6.07 Å². The summed E-state index contributed by atoms with van der Waals surface area (Å²) in [7, 11) is 2.97. The Hall–Kier alpha value is -3.63. The van der Waals surface area contributed by atoms with Crippen molar-refractivity contribution in [1.29, 1.82) is 0 Å². The first-order chi connectivity index (χ1) is 16.4. The average Bonchev–Trinajstić information content (AvgIpc) is 2.84. The highest BCUT2D eigenvalue weighted by Gasteiger charge is 2.30. The number of aromatic hydroxyl groups is 1. The lowest BCUT2D eigenvalue weighted by molar-refractivity contribution is -0.135. The van der Waals surface area contributed by atoms with Crippen molar-refractivity contribution < 1.29 is 28.5 Å². The Morgan fingerprint density at radius 3 is 2.65 bits per heavy atom. The number of aromatic amines is 1. The molecule has 0 radical (unpaired) electrons. The number of carbonyl (C=O) groups is 1. The molecule has 1 aliphatic heterocycles. The quantitative estimate of drug-likeness (QED) is 0.534. The molecule has 1 fully saturated rings. The maximum atomic E-state index is 13.1. The van der Waals surface area contributed by atoms with Crippen LogP contribution >= 0.6 is 0 Å². The van der Waals surface area contributed by atoms with Gasteiger partial charge >= 0.3 is 0 Å². The standard InChI is InChI=1S/C24H26N2O8/c1-31-13-16-11-20(27)22(29)23(34-16)17(12-21(28)26-5-7-33-8-6-26)18-9-14-3-4-15(32-2)10-19(14)25-24(18)30/h3-4,9-11,17,29H,5-8,12-13H2,1-2H3,(H,25,30)/t17-/m1/s1. The molecular weight excluding hydrogens is 444 g/mol. The predicted octanol–water partition coefficient (Wildman–Crippen LogP) is 1.72. The normalized spacial score (nSPS) is 14.8. The number of pyridine rings is 1. The molecule has 1 aliphatic rings. The van der Waals surface area contributed by atoms with Gasteiger partial charge in [-0.1, -0.05) is 0 Å². The Bertz CT molecular complexity index is 1310. The second-order valence-corrected chi connectivity index (χ2v) is 7.98. The number of ether oxygens (including phenoxy) is 3. The predicted molar refractivity (Wildman–Crippen MR) is 122 cm³/mol. The molecule has 1 saturated heterocycles. The third kappa shape index (κ3) is 4.82. The third-order valence-electron chi connectivity index (χ3n) is 5.80. The zero-order valence-electron chi connectivity index (χ0n) is 19.0. The molecular formula is C24H26N2O8. The maximum Gasteiger partial charge on any atom is 0.252 e. The van der Waals surface area contributed by atoms with Crippen molar-refractivity contribution in [3.05, 3.63) is 68.0 Å². The number of H-pyrrole nitrogens is 1. The van der Waals surface area contributed by atoms with E-state index in [1.165, 1.54) is 14.2 Å². The van der Waals surface area contributed by atoms with E-state index in [1.54, 1.807) is 29.2 Å². The second-order valence-electron chi connectivity index (χ2n) is 7.98. The number of hydrogen-bond donors (Lipinski definition) is 2. The Labute approximate surface area is 194 Å². The van der Waals surface area contributed by atoms with E-state index in [0.29, 0.717) is 43.0 Å². The number of fused-ring (bicyclic) bond motifs is 1. The zero-order valence-corrected chi connectivity index (χ0v) is 19.0. The van der Waals surface area contributed by atoms with E-state index in [-0.39, 0.29) is 36.0 Å². The van der Waals surface area contributed by atoms with E-state index in [4.69, 9.17) is 18.6 Å². The van der Waals surface area contributed by atoms with Crippen LogP contribution in [0.3, 0.4) is 0 Å². The van der Waals surface area contributed by atoms with Crippen molar-refractivity contribution in [2.45, 2.75) is 18.9 Å². The summed E-state index contributed by atoms with van der Waals surface area (Å²) in [5.74, 6) is -1.30. The molecule has 180 valence electrons. The highest BCUT2D eigenvalue weighted by molar-refractivity contribution is 5.82. The van der Waals surface area contributed by atoms with Gasteiger partial charge in [0, 0.05) is 44.3 Å². The summed E-state index contributed by atoms with van der Waals surface area (Å²) < 4.78 is 21.4. The minimum Gasteiger partial charge on any atom is -0.502 e. The monoisotopic (exact) mass is 470 g/mol. The van der Waals surface area contributed by atoms with E-state index < -0.39 is 22.7 Å². The van der Waals surface area contributed by atoms with Crippen LogP contribution in [0, 0.1) is 0 Å². The fraction of sp³-hybridized carbons (Fsp3) is 0.375. The number of amides is 1. The Balaban J connectivity index is 1.84. The molecule has 0 saturated carbocycles. The summed E-state index contributed by atoms with van der Waals surface area (Å²) in [6.07, 6.45) is -0.183. The molecule has 0 spiro atoms. The number of morpholine rings is 1. The highest BCUT2D eigenvalue weighted by atomic mass is 16.5. The van der Waals surface area contributed by atoms with Gasteiger partial charge < -0.3 is 33.6 Å². The molecule has 0 bridgehead atoms. The number of hydrogen-bond acceptors (Lipinski definition) is 8. The van der Waals surface area contributed by atoms with Gasteiger partial charge in [0.15, 0.2) is 5.76 Å². The van der Waals surface area contributed by atoms with Crippen molar-refractivity contribution in [1.82, 2.24) is 9.88 Å². The van der Waals surface area contributed by atoms with Gasteiger partial charge in [-0.3, -0.25) is 14.4 Å². The molecule has 4 rings (SSSR count). The van der Waals surface area contributed by atoms with Crippen molar-refractivity contribution in [3.63, 3.8) is 0 Å². The first-order valence-corrected chi connectivity index (χ1v) is 10.8. The van der Waals surface area contributed by atoms with Crippen LogP contribution in [0.15, 0.2) is 44.3 Å². The van der Waals surface area contributed by atoms with Gasteiger partial charge in [-0.2, -0.15) is 0 Å². The lowest BCUT2D eigenvalue weighted by Gasteiger charge is -2.28. The van der Waals surface area contributed by atoms with Crippen molar-refractivity contribution in [3.8, 4) is 11.5 Å². The van der Waals surface area contributed by atoms with Gasteiger partial charge in [-0.25, -0.2) is 0 Å². The molecule has 34 heavy (non-hydrogen) atoms. The molecule has 0 unspecified atom stereocenters. The minimum absolute atomic E-state index is 0.0134. The molecule has 1 amide bonds. The van der Waals surface area contributed by atoms with E-state index in [9.17, 15) is 19.5 Å². The topological polar surface area (TPSA) is 131 Å². The van der Waals surface area contributed by atoms with Crippen LogP contribution in [-0.4, -0.2) is 61.4 Å². The molecule has 3 heterocycles. The SMILES string of the molecule is COCc1cc(=O)c(O)c([C@H](CC(=O)N2CCOCC2)c2cc3ccc(OC)cc3[nH]c2=O)o1. The van der Waals surface area contributed by atoms with E-state index in [2.05, 4.69) is 4.98 Å². The van der Waals surface area contributed by atoms with Gasteiger partial charge in [-0.15, -0.1) is 0 Å². The second kappa shape index (κ2) is 10.1. The van der Waals surface area contributed by atoms with Crippen LogP contribution < -0.4 is 15.7 Å². The molecule has 3 aromatic rings. The number of methoxy groups -OCH3 is 2. The summed E-state index contributed by atoms with van der Waals surface area (Å²) in [6.45, 7) is 1.65. The zero-order chi connectivity index (χ0) is 24.2. The summed E-state index contributed by atoms with van der Waals surface area (Å²) in [5.41, 5.74) is -0.420. The Morgan fingerprint density at radius 1 is 1.18 bits per heavy atom. The molecule has 2 aromatic heterocycles. The van der Waals surface area contributed by atoms with Gasteiger partial charge in [0.05, 0.1) is 31.8 Å². The molecule has 10 heteroatoms. The lowest BCUT2D eigenvalue weighted by Crippen LogP contribution is -2.41. The van der Waals surface area contributed by atoms with Crippen LogP contribution in [0.25, 0.3) is 10.9 Å². The first-order valence-electron chi connectivity index (χ1n) is 10.8. The molecule has 10 nitrogen and oxygen atoms in total. The lowest BCUT2D eigenvalue weighted by atomic mass is 9.91.